The molecule has 0 spiro atoms. The highest BCUT2D eigenvalue weighted by atomic mass is 16.4. The predicted molar refractivity (Wildman–Crippen MR) is 122 cm³/mol. The number of rotatable bonds is 8. The van der Waals surface area contributed by atoms with Crippen LogP contribution in [0.1, 0.15) is 110 Å². The lowest BCUT2D eigenvalue weighted by molar-refractivity contribution is -0.156. The van der Waals surface area contributed by atoms with Gasteiger partial charge in [-0.1, -0.05) is 46.0 Å². The lowest BCUT2D eigenvalue weighted by Crippen LogP contribution is -2.57. The average Bonchev–Trinajstić information content (AvgIpc) is 3.02. The molecular formula is C27H44O4. The Morgan fingerprint density at radius 3 is 2.45 bits per heavy atom. The number of hydrogen-bond acceptors (Lipinski definition) is 3. The van der Waals surface area contributed by atoms with E-state index in [0.717, 1.165) is 63.2 Å². The third-order valence-electron chi connectivity index (χ3n) is 10.6. The number of carbonyl (C=O) groups is 2. The van der Waals surface area contributed by atoms with E-state index in [9.17, 15) is 14.7 Å². The minimum atomic E-state index is -0.683. The first-order valence-electron chi connectivity index (χ1n) is 13.2. The molecule has 31 heavy (non-hydrogen) atoms. The lowest BCUT2D eigenvalue weighted by Gasteiger charge is -2.62. The van der Waals surface area contributed by atoms with Gasteiger partial charge in [-0.3, -0.25) is 9.59 Å². The van der Waals surface area contributed by atoms with Crippen molar-refractivity contribution in [2.75, 3.05) is 0 Å². The van der Waals surface area contributed by atoms with Crippen LogP contribution in [-0.2, 0) is 9.59 Å². The fourth-order valence-corrected chi connectivity index (χ4v) is 8.70. The second kappa shape index (κ2) is 9.15. The van der Waals surface area contributed by atoms with Crippen molar-refractivity contribution in [3.63, 3.8) is 0 Å². The van der Waals surface area contributed by atoms with Crippen LogP contribution in [0.4, 0.5) is 0 Å². The Bertz CT molecular complexity index is 674. The summed E-state index contributed by atoms with van der Waals surface area (Å²) in [6.07, 6.45) is 15.2. The van der Waals surface area contributed by atoms with Crippen molar-refractivity contribution < 1.29 is 19.8 Å². The van der Waals surface area contributed by atoms with Gasteiger partial charge in [0, 0.05) is 19.3 Å². The number of aliphatic hydroxyl groups excluding tert-OH is 1. The van der Waals surface area contributed by atoms with Gasteiger partial charge in [0.2, 0.25) is 0 Å². The molecule has 0 bridgehead atoms. The standard InChI is InChI=1S/C27H44O4/c1-26-14-12-20(28)17-19(26)16-18(8-6-4-3-5-7-9-24(30)31)25-21-10-11-23(29)27(21,2)15-13-22(25)26/h18-19,21-23,25,29H,3-17H2,1-2H3,(H,30,31)/t18?,19?,21-,22+,23?,25-,26-,27-/m0/s1. The number of aliphatic hydroxyl groups is 1. The van der Waals surface area contributed by atoms with E-state index in [1.165, 1.54) is 38.5 Å². The van der Waals surface area contributed by atoms with Crippen molar-refractivity contribution in [1.82, 2.24) is 0 Å². The molecule has 0 aliphatic heterocycles. The number of ketones is 1. The maximum Gasteiger partial charge on any atom is 0.303 e. The van der Waals surface area contributed by atoms with E-state index in [-0.39, 0.29) is 11.5 Å². The molecule has 0 amide bonds. The molecule has 0 aromatic heterocycles. The Balaban J connectivity index is 1.44. The van der Waals surface area contributed by atoms with Crippen LogP contribution in [-0.4, -0.2) is 28.1 Å². The minimum absolute atomic E-state index is 0.101. The van der Waals surface area contributed by atoms with Gasteiger partial charge in [0.1, 0.15) is 5.78 Å². The van der Waals surface area contributed by atoms with Crippen LogP contribution in [0.25, 0.3) is 0 Å². The summed E-state index contributed by atoms with van der Waals surface area (Å²) in [4.78, 5) is 23.0. The van der Waals surface area contributed by atoms with Crippen LogP contribution in [0.2, 0.25) is 0 Å². The van der Waals surface area contributed by atoms with Crippen molar-refractivity contribution >= 4 is 11.8 Å². The molecule has 4 saturated carbocycles. The third kappa shape index (κ3) is 4.35. The van der Waals surface area contributed by atoms with Crippen LogP contribution >= 0.6 is 0 Å². The van der Waals surface area contributed by atoms with E-state index in [0.29, 0.717) is 35.4 Å². The quantitative estimate of drug-likeness (QED) is 0.461. The van der Waals surface area contributed by atoms with Crippen molar-refractivity contribution in [2.45, 2.75) is 116 Å². The summed E-state index contributed by atoms with van der Waals surface area (Å²) in [7, 11) is 0. The van der Waals surface area contributed by atoms with Crippen LogP contribution in [0, 0.1) is 40.4 Å². The SMILES string of the molecule is C[C@]12CCC(=O)CC1CC(CCCCCCCC(=O)O)[C@@H]1[C@H]2CC[C@]2(C)C(O)CC[C@@H]12. The predicted octanol–water partition coefficient (Wildman–Crippen LogP) is 6.00. The van der Waals surface area contributed by atoms with E-state index in [2.05, 4.69) is 13.8 Å². The molecule has 8 atom stereocenters. The smallest absolute Gasteiger partial charge is 0.303 e. The molecule has 4 heteroatoms. The molecule has 4 rings (SSSR count). The monoisotopic (exact) mass is 432 g/mol. The first kappa shape index (κ1) is 23.3. The van der Waals surface area contributed by atoms with Gasteiger partial charge in [-0.25, -0.2) is 0 Å². The van der Waals surface area contributed by atoms with E-state index in [4.69, 9.17) is 5.11 Å². The zero-order chi connectivity index (χ0) is 22.2. The van der Waals surface area contributed by atoms with E-state index in [1.807, 2.05) is 0 Å². The van der Waals surface area contributed by atoms with Crippen LogP contribution in [0.5, 0.6) is 0 Å². The number of Topliss-reactive ketones (excluding diaryl/α,β-unsaturated/α-hetero) is 1. The van der Waals surface area contributed by atoms with Gasteiger partial charge in [-0.2, -0.15) is 0 Å². The van der Waals surface area contributed by atoms with Gasteiger partial charge in [-0.15, -0.1) is 0 Å². The second-order valence-electron chi connectivity index (χ2n) is 12.1. The zero-order valence-electron chi connectivity index (χ0n) is 19.8. The number of aliphatic carboxylic acids is 1. The third-order valence-corrected chi connectivity index (χ3v) is 10.6. The summed E-state index contributed by atoms with van der Waals surface area (Å²) in [5.41, 5.74) is 0.421. The van der Waals surface area contributed by atoms with Crippen molar-refractivity contribution in [2.24, 2.45) is 40.4 Å². The van der Waals surface area contributed by atoms with Crippen molar-refractivity contribution in [3.05, 3.63) is 0 Å². The summed E-state index contributed by atoms with van der Waals surface area (Å²) in [6.45, 7) is 4.87. The van der Waals surface area contributed by atoms with Gasteiger partial charge >= 0.3 is 5.97 Å². The summed E-state index contributed by atoms with van der Waals surface area (Å²) in [5.74, 6) is 3.15. The number of carboxylic acids is 1. The molecule has 0 saturated heterocycles. The molecular weight excluding hydrogens is 388 g/mol. The maximum absolute atomic E-state index is 12.3. The molecule has 2 N–H and O–H groups in total. The summed E-state index contributed by atoms with van der Waals surface area (Å²) < 4.78 is 0. The Kier molecular flexibility index (Phi) is 6.87. The average molecular weight is 433 g/mol. The zero-order valence-corrected chi connectivity index (χ0v) is 19.8. The highest BCUT2D eigenvalue weighted by molar-refractivity contribution is 5.79. The molecule has 4 aliphatic carbocycles. The normalized spacial score (nSPS) is 44.4. The number of fused-ring (bicyclic) bond motifs is 5. The number of unbranched alkanes of at least 4 members (excludes halogenated alkanes) is 4. The van der Waals surface area contributed by atoms with Gasteiger partial charge in [0.25, 0.3) is 0 Å². The molecule has 4 aliphatic rings. The summed E-state index contributed by atoms with van der Waals surface area (Å²) in [5, 5.41) is 19.6. The maximum atomic E-state index is 12.3. The van der Waals surface area contributed by atoms with Crippen molar-refractivity contribution in [3.8, 4) is 0 Å². The minimum Gasteiger partial charge on any atom is -0.481 e. The van der Waals surface area contributed by atoms with Gasteiger partial charge in [-0.05, 0) is 85.4 Å². The Labute approximate surface area is 188 Å². The Morgan fingerprint density at radius 1 is 0.968 bits per heavy atom. The molecule has 0 radical (unpaired) electrons. The number of hydrogen-bond donors (Lipinski definition) is 2. The molecule has 0 aromatic carbocycles. The van der Waals surface area contributed by atoms with Gasteiger partial charge < -0.3 is 10.2 Å². The van der Waals surface area contributed by atoms with E-state index in [1.54, 1.807) is 0 Å². The molecule has 0 heterocycles. The molecule has 4 nitrogen and oxygen atoms in total. The lowest BCUT2D eigenvalue weighted by atomic mass is 9.42. The first-order valence-corrected chi connectivity index (χ1v) is 13.2. The fourth-order valence-electron chi connectivity index (χ4n) is 8.70. The summed E-state index contributed by atoms with van der Waals surface area (Å²) in [6, 6.07) is 0. The molecule has 0 aromatic rings. The van der Waals surface area contributed by atoms with Crippen LogP contribution < -0.4 is 0 Å². The largest absolute Gasteiger partial charge is 0.481 e. The van der Waals surface area contributed by atoms with Gasteiger partial charge in [0.05, 0.1) is 6.10 Å². The van der Waals surface area contributed by atoms with Crippen LogP contribution in [0.15, 0.2) is 0 Å². The highest BCUT2D eigenvalue weighted by Gasteiger charge is 2.62. The molecule has 176 valence electrons. The number of carboxylic acid groups (broad SMARTS) is 1. The highest BCUT2D eigenvalue weighted by Crippen LogP contribution is 2.67. The van der Waals surface area contributed by atoms with Crippen molar-refractivity contribution in [1.29, 1.82) is 0 Å². The Morgan fingerprint density at radius 2 is 1.68 bits per heavy atom. The topological polar surface area (TPSA) is 74.6 Å². The second-order valence-corrected chi connectivity index (χ2v) is 12.1. The van der Waals surface area contributed by atoms with E-state index >= 15 is 0 Å². The fraction of sp³-hybridized carbons (Fsp3) is 0.926. The first-order chi connectivity index (χ1) is 14.8. The molecule has 3 unspecified atom stereocenters. The Hall–Kier alpha value is -0.900. The number of carbonyl (C=O) groups excluding carboxylic acids is 1. The van der Waals surface area contributed by atoms with E-state index < -0.39 is 5.97 Å². The molecule has 4 fully saturated rings. The summed E-state index contributed by atoms with van der Waals surface area (Å²) >= 11 is 0. The van der Waals surface area contributed by atoms with Gasteiger partial charge in [0.15, 0.2) is 0 Å². The van der Waals surface area contributed by atoms with Crippen LogP contribution in [0.3, 0.4) is 0 Å².